The average Bonchev–Trinajstić information content (AvgIpc) is 3.53. The van der Waals surface area contributed by atoms with Gasteiger partial charge in [-0.05, 0) is 80.9 Å². The van der Waals surface area contributed by atoms with Crippen molar-refractivity contribution in [2.45, 2.75) is 61.9 Å². The number of primary amides is 1. The van der Waals surface area contributed by atoms with E-state index < -0.39 is 15.4 Å². The van der Waals surface area contributed by atoms with Crippen LogP contribution in [0.25, 0.3) is 0 Å². The van der Waals surface area contributed by atoms with E-state index in [-0.39, 0.29) is 52.2 Å². The van der Waals surface area contributed by atoms with E-state index in [1.165, 1.54) is 22.5 Å². The second kappa shape index (κ2) is 7.86. The van der Waals surface area contributed by atoms with E-state index in [0.29, 0.717) is 23.8 Å². The van der Waals surface area contributed by atoms with Crippen LogP contribution in [0.15, 0.2) is 23.1 Å². The molecule has 1 aromatic carbocycles. The molecule has 3 N–H and O–H groups in total. The van der Waals surface area contributed by atoms with Gasteiger partial charge in [-0.2, -0.15) is 4.31 Å². The molecule has 7 nitrogen and oxygen atoms in total. The first kappa shape index (κ1) is 22.4. The molecule has 5 aliphatic carbocycles. The number of hydrogen-bond acceptors (Lipinski definition) is 4. The maximum atomic E-state index is 13.3. The van der Waals surface area contributed by atoms with Crippen LogP contribution < -0.4 is 11.1 Å². The molecule has 174 valence electrons. The van der Waals surface area contributed by atoms with Crippen LogP contribution in [0.3, 0.4) is 0 Å². The van der Waals surface area contributed by atoms with E-state index in [4.69, 9.17) is 28.9 Å². The summed E-state index contributed by atoms with van der Waals surface area (Å²) in [6.45, 7) is -0.244. The Morgan fingerprint density at radius 3 is 2.34 bits per heavy atom. The van der Waals surface area contributed by atoms with Crippen LogP contribution in [-0.4, -0.2) is 43.2 Å². The highest BCUT2D eigenvalue weighted by atomic mass is 35.5. The Bertz CT molecular complexity index is 1060. The fourth-order valence-corrected chi connectivity index (χ4v) is 8.91. The quantitative estimate of drug-likeness (QED) is 0.600. The molecule has 2 unspecified atom stereocenters. The summed E-state index contributed by atoms with van der Waals surface area (Å²) in [5.74, 6) is 0.399. The van der Waals surface area contributed by atoms with Crippen molar-refractivity contribution >= 4 is 45.0 Å². The van der Waals surface area contributed by atoms with Gasteiger partial charge >= 0.3 is 0 Å². The van der Waals surface area contributed by atoms with Crippen LogP contribution in [0.4, 0.5) is 0 Å². The zero-order valence-electron chi connectivity index (χ0n) is 17.6. The molecule has 6 rings (SSSR count). The van der Waals surface area contributed by atoms with Gasteiger partial charge in [-0.15, -0.1) is 0 Å². The molecule has 0 aliphatic heterocycles. The van der Waals surface area contributed by atoms with Gasteiger partial charge in [0.2, 0.25) is 21.8 Å². The van der Waals surface area contributed by atoms with Crippen LogP contribution in [-0.2, 0) is 19.6 Å². The highest BCUT2D eigenvalue weighted by Crippen LogP contribution is 2.59. The van der Waals surface area contributed by atoms with Gasteiger partial charge in [0.05, 0.1) is 11.6 Å². The Morgan fingerprint density at radius 1 is 1.12 bits per heavy atom. The van der Waals surface area contributed by atoms with E-state index in [9.17, 15) is 18.0 Å². The third-order valence-corrected chi connectivity index (χ3v) is 10.5. The number of nitrogens with two attached hydrogens (primary N) is 1. The van der Waals surface area contributed by atoms with Crippen LogP contribution in [0.2, 0.25) is 10.0 Å². The highest BCUT2D eigenvalue weighted by molar-refractivity contribution is 7.89. The SMILES string of the molecule is NC(=O)C12CC3CC(C1)C(NC(=O)CN(C1CC1)S(=O)(=O)c1ccc(Cl)cc1Cl)C(C3)C2. The molecule has 0 radical (unpaired) electrons. The molecule has 0 aromatic heterocycles. The first-order valence-corrected chi connectivity index (χ1v) is 13.3. The Balaban J connectivity index is 1.31. The predicted molar refractivity (Wildman–Crippen MR) is 120 cm³/mol. The van der Waals surface area contributed by atoms with E-state index >= 15 is 0 Å². The van der Waals surface area contributed by atoms with Gasteiger partial charge < -0.3 is 11.1 Å². The van der Waals surface area contributed by atoms with E-state index in [1.807, 2.05) is 0 Å². The summed E-state index contributed by atoms with van der Waals surface area (Å²) in [6.07, 6.45) is 5.70. The predicted octanol–water partition coefficient (Wildman–Crippen LogP) is 2.94. The number of benzene rings is 1. The molecular formula is C22H27Cl2N3O4S. The van der Waals surface area contributed by atoms with Crippen molar-refractivity contribution in [3.63, 3.8) is 0 Å². The second-order valence-electron chi connectivity index (χ2n) is 10.1. The normalized spacial score (nSPS) is 33.5. The van der Waals surface area contributed by atoms with Gasteiger partial charge in [0.25, 0.3) is 0 Å². The fourth-order valence-electron chi connectivity index (χ4n) is 6.52. The van der Waals surface area contributed by atoms with Gasteiger partial charge in [0.1, 0.15) is 4.90 Å². The second-order valence-corrected chi connectivity index (χ2v) is 12.8. The molecule has 2 atom stereocenters. The van der Waals surface area contributed by atoms with Crippen LogP contribution in [0.1, 0.15) is 44.9 Å². The van der Waals surface area contributed by atoms with Crippen LogP contribution in [0, 0.1) is 23.2 Å². The summed E-state index contributed by atoms with van der Waals surface area (Å²) < 4.78 is 27.9. The maximum Gasteiger partial charge on any atom is 0.245 e. The monoisotopic (exact) mass is 499 g/mol. The number of sulfonamides is 1. The summed E-state index contributed by atoms with van der Waals surface area (Å²) >= 11 is 12.1. The Hall–Kier alpha value is -1.35. The third kappa shape index (κ3) is 3.83. The van der Waals surface area contributed by atoms with Crippen molar-refractivity contribution in [3.8, 4) is 0 Å². The maximum absolute atomic E-state index is 13.3. The topological polar surface area (TPSA) is 110 Å². The van der Waals surface area contributed by atoms with Crippen molar-refractivity contribution in [2.24, 2.45) is 28.9 Å². The molecule has 5 fully saturated rings. The molecule has 5 saturated carbocycles. The number of carbonyl (C=O) groups is 2. The number of hydrogen-bond donors (Lipinski definition) is 2. The molecule has 32 heavy (non-hydrogen) atoms. The molecule has 0 heterocycles. The summed E-state index contributed by atoms with van der Waals surface area (Å²) in [4.78, 5) is 25.2. The van der Waals surface area contributed by atoms with E-state index in [1.54, 1.807) is 0 Å². The van der Waals surface area contributed by atoms with Crippen molar-refractivity contribution in [3.05, 3.63) is 28.2 Å². The molecule has 4 bridgehead atoms. The first-order chi connectivity index (χ1) is 15.1. The molecule has 10 heteroatoms. The molecule has 1 aromatic rings. The smallest absolute Gasteiger partial charge is 0.245 e. The Labute approximate surface area is 198 Å². The molecule has 0 saturated heterocycles. The van der Waals surface area contributed by atoms with Crippen molar-refractivity contribution in [1.29, 1.82) is 0 Å². The van der Waals surface area contributed by atoms with Gasteiger partial charge in [0.15, 0.2) is 0 Å². The van der Waals surface area contributed by atoms with Crippen molar-refractivity contribution < 1.29 is 18.0 Å². The first-order valence-electron chi connectivity index (χ1n) is 11.2. The van der Waals surface area contributed by atoms with Gasteiger partial charge in [-0.1, -0.05) is 23.2 Å². The average molecular weight is 500 g/mol. The van der Waals surface area contributed by atoms with E-state index in [0.717, 1.165) is 32.1 Å². The minimum Gasteiger partial charge on any atom is -0.369 e. The largest absolute Gasteiger partial charge is 0.369 e. The number of rotatable bonds is 7. The summed E-state index contributed by atoms with van der Waals surface area (Å²) in [7, 11) is -3.94. The summed E-state index contributed by atoms with van der Waals surface area (Å²) in [5.41, 5.74) is 5.33. The highest BCUT2D eigenvalue weighted by Gasteiger charge is 2.58. The van der Waals surface area contributed by atoms with Gasteiger partial charge in [-0.25, -0.2) is 8.42 Å². The number of nitrogens with zero attached hydrogens (tertiary/aromatic N) is 1. The van der Waals surface area contributed by atoms with Gasteiger partial charge in [-0.3, -0.25) is 9.59 Å². The number of nitrogens with one attached hydrogen (secondary N) is 1. The minimum absolute atomic E-state index is 0.0330. The molecule has 2 amide bonds. The lowest BCUT2D eigenvalue weighted by atomic mass is 9.47. The summed E-state index contributed by atoms with van der Waals surface area (Å²) in [6, 6.07) is 4.02. The number of carbonyl (C=O) groups excluding carboxylic acids is 2. The zero-order chi connectivity index (χ0) is 22.8. The third-order valence-electron chi connectivity index (χ3n) is 7.86. The zero-order valence-corrected chi connectivity index (χ0v) is 19.9. The summed E-state index contributed by atoms with van der Waals surface area (Å²) in [5, 5.41) is 3.52. The lowest BCUT2D eigenvalue weighted by molar-refractivity contribution is -0.147. The van der Waals surface area contributed by atoms with Gasteiger partial charge in [0, 0.05) is 22.5 Å². The van der Waals surface area contributed by atoms with Crippen molar-refractivity contribution in [2.75, 3.05) is 6.54 Å². The van der Waals surface area contributed by atoms with Crippen LogP contribution in [0.5, 0.6) is 0 Å². The molecular weight excluding hydrogens is 473 g/mol. The number of amides is 2. The standard InChI is InChI=1S/C22H27Cl2N3O4S/c23-15-1-4-18(17(24)7-15)32(30,31)27(16-2-3-16)11-19(28)26-20-13-5-12-6-14(20)10-22(8-12,9-13)21(25)29/h1,4,7,12-14,16,20H,2-3,5-6,8-11H2,(H2,25,29)(H,26,28). The van der Waals surface area contributed by atoms with E-state index in [2.05, 4.69) is 5.32 Å². The molecule has 5 aliphatic rings. The number of halogens is 2. The Morgan fingerprint density at radius 2 is 1.78 bits per heavy atom. The fraction of sp³-hybridized carbons (Fsp3) is 0.636. The van der Waals surface area contributed by atoms with Crippen molar-refractivity contribution in [1.82, 2.24) is 9.62 Å². The van der Waals surface area contributed by atoms with Crippen LogP contribution >= 0.6 is 23.2 Å². The Kier molecular flexibility index (Phi) is 5.51. The molecule has 0 spiro atoms. The minimum atomic E-state index is -3.94. The lowest BCUT2D eigenvalue weighted by Crippen LogP contribution is -2.62. The lowest BCUT2D eigenvalue weighted by Gasteiger charge is -2.58.